The molecule has 8 heteroatoms. The molecule has 2 bridgehead atoms. The van der Waals surface area contributed by atoms with Crippen molar-refractivity contribution in [3.63, 3.8) is 0 Å². The highest BCUT2D eigenvalue weighted by molar-refractivity contribution is 6.45. The summed E-state index contributed by atoms with van der Waals surface area (Å²) in [6.07, 6.45) is 2.98. The Morgan fingerprint density at radius 3 is 2.59 bits per heavy atom. The van der Waals surface area contributed by atoms with E-state index in [2.05, 4.69) is 20.8 Å². The first-order valence-electron chi connectivity index (χ1n) is 11.7. The monoisotopic (exact) mass is 443 g/mol. The fourth-order valence-corrected chi connectivity index (χ4v) is 6.55. The lowest BCUT2D eigenvalue weighted by molar-refractivity contribution is -0.199. The third kappa shape index (κ3) is 3.10. The summed E-state index contributed by atoms with van der Waals surface area (Å²) in [6, 6.07) is 3.70. The van der Waals surface area contributed by atoms with Crippen LogP contribution in [0.2, 0.25) is 6.32 Å². The van der Waals surface area contributed by atoms with Gasteiger partial charge in [-0.3, -0.25) is 0 Å². The van der Waals surface area contributed by atoms with Crippen LogP contribution >= 0.6 is 0 Å². The first-order chi connectivity index (χ1) is 15.0. The molecule has 0 aromatic heterocycles. The molecule has 1 aromatic rings. The molecule has 5 aliphatic rings. The SMILES string of the molecule is COc1ccc(C(CN)CB2OC3C[C@@H]4C[C@@H](C4(C)C)[C@]3(C)O2)c2c1C(=O)OC(C)(C)O2. The molecule has 2 aliphatic heterocycles. The Morgan fingerprint density at radius 2 is 1.94 bits per heavy atom. The van der Waals surface area contributed by atoms with E-state index >= 15 is 0 Å². The molecule has 174 valence electrons. The Balaban J connectivity index is 1.42. The summed E-state index contributed by atoms with van der Waals surface area (Å²) in [5.41, 5.74) is 7.43. The normalized spacial score (nSPS) is 34.5. The number of methoxy groups -OCH3 is 1. The molecule has 0 amide bonds. The van der Waals surface area contributed by atoms with Crippen LogP contribution in [0.3, 0.4) is 0 Å². The van der Waals surface area contributed by atoms with Gasteiger partial charge in [0.05, 0.1) is 18.8 Å². The number of hydrogen-bond donors (Lipinski definition) is 1. The van der Waals surface area contributed by atoms with E-state index in [4.69, 9.17) is 29.3 Å². The highest BCUT2D eigenvalue weighted by Crippen LogP contribution is 2.66. The van der Waals surface area contributed by atoms with Gasteiger partial charge in [0.25, 0.3) is 0 Å². The average molecular weight is 443 g/mol. The number of esters is 1. The van der Waals surface area contributed by atoms with Gasteiger partial charge in [-0.2, -0.15) is 0 Å². The maximum atomic E-state index is 12.7. The van der Waals surface area contributed by atoms with Crippen molar-refractivity contribution < 1.29 is 28.3 Å². The largest absolute Gasteiger partial charge is 0.496 e. The molecule has 1 saturated heterocycles. The van der Waals surface area contributed by atoms with Gasteiger partial charge in [-0.15, -0.1) is 0 Å². The summed E-state index contributed by atoms with van der Waals surface area (Å²) in [7, 11) is 1.19. The van der Waals surface area contributed by atoms with Crippen molar-refractivity contribution in [2.45, 2.75) is 77.2 Å². The van der Waals surface area contributed by atoms with Crippen molar-refractivity contribution in [2.24, 2.45) is 23.0 Å². The third-order valence-electron chi connectivity index (χ3n) is 8.46. The van der Waals surface area contributed by atoms with Crippen LogP contribution in [0, 0.1) is 17.3 Å². The minimum Gasteiger partial charge on any atom is -0.496 e. The molecule has 5 atom stereocenters. The van der Waals surface area contributed by atoms with Gasteiger partial charge >= 0.3 is 13.1 Å². The molecular weight excluding hydrogens is 409 g/mol. The van der Waals surface area contributed by atoms with Crippen LogP contribution in [0.15, 0.2) is 12.1 Å². The van der Waals surface area contributed by atoms with Gasteiger partial charge < -0.3 is 29.3 Å². The molecule has 0 spiro atoms. The van der Waals surface area contributed by atoms with Gasteiger partial charge in [0, 0.05) is 13.8 Å². The lowest BCUT2D eigenvalue weighted by Gasteiger charge is -2.64. The number of carbonyl (C=O) groups is 1. The second-order valence-corrected chi connectivity index (χ2v) is 11.0. The van der Waals surface area contributed by atoms with E-state index in [1.54, 1.807) is 19.9 Å². The summed E-state index contributed by atoms with van der Waals surface area (Å²) in [6.45, 7) is 10.7. The molecule has 3 aliphatic carbocycles. The number of nitrogens with two attached hydrogens (primary N) is 1. The molecule has 7 nitrogen and oxygen atoms in total. The quantitative estimate of drug-likeness (QED) is 0.548. The van der Waals surface area contributed by atoms with E-state index in [1.165, 1.54) is 13.5 Å². The Kier molecular flexibility index (Phi) is 4.90. The van der Waals surface area contributed by atoms with Crippen molar-refractivity contribution in [3.05, 3.63) is 23.3 Å². The fourth-order valence-electron chi connectivity index (χ4n) is 6.55. The highest BCUT2D eigenvalue weighted by atomic mass is 16.7. The number of fused-ring (bicyclic) bond motifs is 1. The predicted octanol–water partition coefficient (Wildman–Crippen LogP) is 3.75. The topological polar surface area (TPSA) is 89.2 Å². The minimum absolute atomic E-state index is 0.104. The average Bonchev–Trinajstić information content (AvgIpc) is 3.05. The molecule has 2 heterocycles. The Labute approximate surface area is 190 Å². The van der Waals surface area contributed by atoms with Gasteiger partial charge in [-0.1, -0.05) is 19.9 Å². The van der Waals surface area contributed by atoms with E-state index in [0.29, 0.717) is 47.2 Å². The van der Waals surface area contributed by atoms with Gasteiger partial charge in [0.15, 0.2) is 0 Å². The molecule has 0 radical (unpaired) electrons. The maximum Gasteiger partial charge on any atom is 0.458 e. The van der Waals surface area contributed by atoms with E-state index in [1.807, 2.05) is 6.07 Å². The Bertz CT molecular complexity index is 949. The summed E-state index contributed by atoms with van der Waals surface area (Å²) >= 11 is 0. The number of ether oxygens (including phenoxy) is 3. The van der Waals surface area contributed by atoms with Crippen LogP contribution in [0.1, 0.15) is 69.3 Å². The van der Waals surface area contributed by atoms with Crippen LogP contribution in [-0.4, -0.2) is 44.2 Å². The molecular formula is C24H34BNO6. The lowest BCUT2D eigenvalue weighted by atomic mass is 9.43. The molecule has 2 unspecified atom stereocenters. The van der Waals surface area contributed by atoms with E-state index in [9.17, 15) is 4.79 Å². The molecule has 4 fully saturated rings. The number of carbonyl (C=O) groups excluding carboxylic acids is 1. The zero-order valence-corrected chi connectivity index (χ0v) is 19.9. The minimum atomic E-state index is -1.07. The van der Waals surface area contributed by atoms with Crippen molar-refractivity contribution in [1.82, 2.24) is 0 Å². The molecule has 2 N–H and O–H groups in total. The highest BCUT2D eigenvalue weighted by Gasteiger charge is 2.67. The summed E-state index contributed by atoms with van der Waals surface area (Å²) in [4.78, 5) is 12.7. The molecule has 1 aromatic carbocycles. The number of rotatable bonds is 5. The van der Waals surface area contributed by atoms with Gasteiger partial charge in [-0.05, 0) is 67.4 Å². The summed E-state index contributed by atoms with van der Waals surface area (Å²) in [5, 5.41) is 0. The molecule has 6 rings (SSSR count). The number of benzene rings is 1. The smallest absolute Gasteiger partial charge is 0.458 e. The zero-order chi connectivity index (χ0) is 23.1. The standard InChI is InChI=1S/C24H34BNO6/c1-22(2)14-9-17(22)24(5)18(10-14)31-25(32-24)11-13(12-26)15-7-8-16(28-6)19-20(15)29-23(3,4)30-21(19)27/h7-8,13-14,17-18H,9-12,26H2,1-6H3/t13?,14-,17-,18?,24-/m0/s1. The fraction of sp³-hybridized carbons (Fsp3) is 0.708. The van der Waals surface area contributed by atoms with Crippen LogP contribution < -0.4 is 15.2 Å². The lowest BCUT2D eigenvalue weighted by Crippen LogP contribution is -2.65. The Hall–Kier alpha value is -1.77. The van der Waals surface area contributed by atoms with E-state index < -0.39 is 11.8 Å². The van der Waals surface area contributed by atoms with Crippen molar-refractivity contribution in [2.75, 3.05) is 13.7 Å². The van der Waals surface area contributed by atoms with Gasteiger partial charge in [-0.25, -0.2) is 4.79 Å². The van der Waals surface area contributed by atoms with Crippen LogP contribution in [0.5, 0.6) is 11.5 Å². The van der Waals surface area contributed by atoms with Crippen molar-refractivity contribution >= 4 is 13.1 Å². The Morgan fingerprint density at radius 1 is 1.19 bits per heavy atom. The van der Waals surface area contributed by atoms with Crippen LogP contribution in [0.25, 0.3) is 0 Å². The van der Waals surface area contributed by atoms with Crippen LogP contribution in [0.4, 0.5) is 0 Å². The zero-order valence-electron chi connectivity index (χ0n) is 19.9. The second kappa shape index (κ2) is 7.11. The number of cyclic esters (lactones) is 1. The summed E-state index contributed by atoms with van der Waals surface area (Å²) < 4.78 is 30.0. The van der Waals surface area contributed by atoms with Gasteiger partial charge in [0.1, 0.15) is 17.1 Å². The van der Waals surface area contributed by atoms with Crippen molar-refractivity contribution in [1.29, 1.82) is 0 Å². The van der Waals surface area contributed by atoms with Gasteiger partial charge in [0.2, 0.25) is 5.79 Å². The molecule has 32 heavy (non-hydrogen) atoms. The number of hydrogen-bond acceptors (Lipinski definition) is 7. The first kappa shape index (κ1) is 22.0. The summed E-state index contributed by atoms with van der Waals surface area (Å²) in [5.74, 6) is 0.480. The first-order valence-corrected chi connectivity index (χ1v) is 11.7. The third-order valence-corrected chi connectivity index (χ3v) is 8.46. The predicted molar refractivity (Wildman–Crippen MR) is 120 cm³/mol. The maximum absolute atomic E-state index is 12.7. The van der Waals surface area contributed by atoms with Crippen molar-refractivity contribution in [3.8, 4) is 11.5 Å². The second-order valence-electron chi connectivity index (χ2n) is 11.0. The van der Waals surface area contributed by atoms with E-state index in [-0.39, 0.29) is 24.7 Å². The van der Waals surface area contributed by atoms with E-state index in [0.717, 1.165) is 12.0 Å². The van der Waals surface area contributed by atoms with Crippen LogP contribution in [-0.2, 0) is 14.0 Å². The molecule has 3 saturated carbocycles.